The van der Waals surface area contributed by atoms with Gasteiger partial charge in [0.05, 0.1) is 11.9 Å². The van der Waals surface area contributed by atoms with Crippen molar-refractivity contribution in [2.75, 3.05) is 15.9 Å². The molecule has 1 atom stereocenters. The molecule has 0 radical (unpaired) electrons. The highest BCUT2D eigenvalue weighted by Crippen LogP contribution is 2.29. The fraction of sp³-hybridized carbons (Fsp3) is 0.350. The van der Waals surface area contributed by atoms with Crippen LogP contribution in [0.25, 0.3) is 0 Å². The van der Waals surface area contributed by atoms with Crippen LogP contribution in [0.2, 0.25) is 5.02 Å². The molecular formula is C20H25ClN2O3S. The van der Waals surface area contributed by atoms with E-state index >= 15 is 0 Å². The molecule has 1 amide bonds. The van der Waals surface area contributed by atoms with Crippen molar-refractivity contribution in [2.45, 2.75) is 39.7 Å². The van der Waals surface area contributed by atoms with Crippen molar-refractivity contribution in [3.63, 3.8) is 0 Å². The lowest BCUT2D eigenvalue weighted by molar-refractivity contribution is -0.116. The van der Waals surface area contributed by atoms with Crippen molar-refractivity contribution < 1.29 is 13.2 Å². The molecule has 0 unspecified atom stereocenters. The molecule has 146 valence electrons. The topological polar surface area (TPSA) is 66.5 Å². The summed E-state index contributed by atoms with van der Waals surface area (Å²) in [4.78, 5) is 12.9. The summed E-state index contributed by atoms with van der Waals surface area (Å²) in [7, 11) is -3.69. The second-order valence-electron chi connectivity index (χ2n) is 6.90. The van der Waals surface area contributed by atoms with E-state index in [0.717, 1.165) is 27.4 Å². The minimum atomic E-state index is -3.69. The van der Waals surface area contributed by atoms with Gasteiger partial charge in [0.15, 0.2) is 0 Å². The van der Waals surface area contributed by atoms with Gasteiger partial charge in [0.2, 0.25) is 15.9 Å². The van der Waals surface area contributed by atoms with E-state index < -0.39 is 22.0 Å². The predicted molar refractivity (Wildman–Crippen MR) is 112 cm³/mol. The average Bonchev–Trinajstić information content (AvgIpc) is 2.55. The lowest BCUT2D eigenvalue weighted by Gasteiger charge is -2.29. The van der Waals surface area contributed by atoms with Gasteiger partial charge in [-0.3, -0.25) is 9.10 Å². The van der Waals surface area contributed by atoms with Crippen LogP contribution in [-0.2, 0) is 14.8 Å². The van der Waals surface area contributed by atoms with E-state index in [1.807, 2.05) is 39.0 Å². The Balaban J connectivity index is 2.40. The number of benzene rings is 2. The van der Waals surface area contributed by atoms with Crippen molar-refractivity contribution in [3.05, 3.63) is 58.6 Å². The Morgan fingerprint density at radius 1 is 1.11 bits per heavy atom. The van der Waals surface area contributed by atoms with Crippen LogP contribution >= 0.6 is 11.6 Å². The Bertz CT molecular complexity index is 942. The molecule has 1 N–H and O–H groups in total. The summed E-state index contributed by atoms with van der Waals surface area (Å²) >= 11 is 6.01. The number of amides is 1. The summed E-state index contributed by atoms with van der Waals surface area (Å²) in [5.41, 5.74) is 3.00. The number of halogens is 1. The van der Waals surface area contributed by atoms with Crippen LogP contribution in [-0.4, -0.2) is 26.6 Å². The van der Waals surface area contributed by atoms with Gasteiger partial charge >= 0.3 is 0 Å². The fourth-order valence-corrected chi connectivity index (χ4v) is 4.34. The second-order valence-corrected chi connectivity index (χ2v) is 9.19. The molecule has 2 aromatic rings. The number of hydrogen-bond donors (Lipinski definition) is 1. The molecule has 7 heteroatoms. The Kier molecular flexibility index (Phi) is 6.54. The maximum Gasteiger partial charge on any atom is 0.248 e. The van der Waals surface area contributed by atoms with E-state index in [1.165, 1.54) is 6.07 Å². The number of nitrogens with zero attached hydrogens (tertiary/aromatic N) is 1. The first kappa shape index (κ1) is 21.3. The normalized spacial score (nSPS) is 12.7. The molecule has 0 aromatic heterocycles. The van der Waals surface area contributed by atoms with Gasteiger partial charge in [0, 0.05) is 10.7 Å². The molecule has 0 fully saturated rings. The first-order chi connectivity index (χ1) is 12.5. The SMILES string of the molecule is Cc1cccc(C(C)C)c1NC(=O)[C@@H](C)N(c1cccc(Cl)c1)S(C)(=O)=O. The molecule has 0 aliphatic carbocycles. The highest BCUT2D eigenvalue weighted by Gasteiger charge is 2.30. The number of aryl methyl sites for hydroxylation is 1. The molecule has 0 heterocycles. The molecule has 0 aliphatic rings. The van der Waals surface area contributed by atoms with Gasteiger partial charge in [-0.25, -0.2) is 8.42 Å². The lowest BCUT2D eigenvalue weighted by atomic mass is 9.98. The van der Waals surface area contributed by atoms with Crippen LogP contribution in [0.1, 0.15) is 37.8 Å². The Hall–Kier alpha value is -2.05. The quantitative estimate of drug-likeness (QED) is 0.761. The summed E-state index contributed by atoms with van der Waals surface area (Å²) < 4.78 is 25.9. The van der Waals surface area contributed by atoms with Gasteiger partial charge in [-0.1, -0.05) is 49.7 Å². The molecule has 0 spiro atoms. The number of anilines is 2. The summed E-state index contributed by atoms with van der Waals surface area (Å²) in [6.07, 6.45) is 1.07. The predicted octanol–water partition coefficient (Wildman–Crippen LogP) is 4.57. The third kappa shape index (κ3) is 5.02. The van der Waals surface area contributed by atoms with Gasteiger partial charge in [-0.15, -0.1) is 0 Å². The number of carbonyl (C=O) groups is 1. The van der Waals surface area contributed by atoms with E-state index in [-0.39, 0.29) is 5.92 Å². The monoisotopic (exact) mass is 408 g/mol. The van der Waals surface area contributed by atoms with Crippen molar-refractivity contribution >= 4 is 38.9 Å². The fourth-order valence-electron chi connectivity index (χ4n) is 2.99. The summed E-state index contributed by atoms with van der Waals surface area (Å²) in [5.74, 6) is -0.189. The average molecular weight is 409 g/mol. The van der Waals surface area contributed by atoms with Crippen LogP contribution in [0.15, 0.2) is 42.5 Å². The van der Waals surface area contributed by atoms with E-state index in [1.54, 1.807) is 25.1 Å². The second kappa shape index (κ2) is 8.31. The van der Waals surface area contributed by atoms with E-state index in [0.29, 0.717) is 10.7 Å². The van der Waals surface area contributed by atoms with Gasteiger partial charge in [0.1, 0.15) is 6.04 Å². The number of sulfonamides is 1. The largest absolute Gasteiger partial charge is 0.324 e. The van der Waals surface area contributed by atoms with Crippen LogP contribution in [0.4, 0.5) is 11.4 Å². The lowest BCUT2D eigenvalue weighted by Crippen LogP contribution is -2.45. The van der Waals surface area contributed by atoms with Crippen molar-refractivity contribution in [3.8, 4) is 0 Å². The number of para-hydroxylation sites is 1. The Morgan fingerprint density at radius 3 is 2.30 bits per heavy atom. The Labute approximate surface area is 166 Å². The maximum absolute atomic E-state index is 12.9. The van der Waals surface area contributed by atoms with Crippen LogP contribution in [0.5, 0.6) is 0 Å². The highest BCUT2D eigenvalue weighted by atomic mass is 35.5. The standard InChI is InChI=1S/C20H25ClN2O3S/c1-13(2)18-11-6-8-14(3)19(18)22-20(24)15(4)23(27(5,25)26)17-10-7-9-16(21)12-17/h6-13,15H,1-5H3,(H,22,24)/t15-/m1/s1. The zero-order valence-electron chi connectivity index (χ0n) is 16.2. The summed E-state index contributed by atoms with van der Waals surface area (Å²) in [5, 5.41) is 3.32. The Morgan fingerprint density at radius 2 is 1.74 bits per heavy atom. The van der Waals surface area contributed by atoms with Gasteiger partial charge in [0.25, 0.3) is 0 Å². The maximum atomic E-state index is 12.9. The molecule has 0 saturated carbocycles. The van der Waals surface area contributed by atoms with Crippen molar-refractivity contribution in [1.29, 1.82) is 0 Å². The molecule has 0 saturated heterocycles. The first-order valence-corrected chi connectivity index (χ1v) is 10.9. The number of rotatable bonds is 6. The van der Waals surface area contributed by atoms with Gasteiger partial charge in [-0.2, -0.15) is 0 Å². The molecule has 2 aromatic carbocycles. The van der Waals surface area contributed by atoms with Crippen LogP contribution in [0.3, 0.4) is 0 Å². The van der Waals surface area contributed by atoms with E-state index in [4.69, 9.17) is 11.6 Å². The van der Waals surface area contributed by atoms with E-state index in [9.17, 15) is 13.2 Å². The third-order valence-electron chi connectivity index (χ3n) is 4.33. The molecule has 27 heavy (non-hydrogen) atoms. The third-order valence-corrected chi connectivity index (χ3v) is 5.80. The summed E-state index contributed by atoms with van der Waals surface area (Å²) in [6.45, 7) is 7.56. The zero-order valence-corrected chi connectivity index (χ0v) is 17.7. The molecule has 5 nitrogen and oxygen atoms in total. The zero-order chi connectivity index (χ0) is 20.4. The van der Waals surface area contributed by atoms with Crippen molar-refractivity contribution in [2.24, 2.45) is 0 Å². The highest BCUT2D eigenvalue weighted by molar-refractivity contribution is 7.92. The minimum absolute atomic E-state index is 0.217. The minimum Gasteiger partial charge on any atom is -0.324 e. The van der Waals surface area contributed by atoms with E-state index in [2.05, 4.69) is 5.32 Å². The van der Waals surface area contributed by atoms with Crippen molar-refractivity contribution in [1.82, 2.24) is 0 Å². The molecular weight excluding hydrogens is 384 g/mol. The van der Waals surface area contributed by atoms with Crippen LogP contribution < -0.4 is 9.62 Å². The number of carbonyl (C=O) groups excluding carboxylic acids is 1. The van der Waals surface area contributed by atoms with Gasteiger partial charge in [-0.05, 0) is 49.1 Å². The van der Waals surface area contributed by atoms with Crippen LogP contribution in [0, 0.1) is 6.92 Å². The number of nitrogens with one attached hydrogen (secondary N) is 1. The smallest absolute Gasteiger partial charge is 0.248 e. The first-order valence-electron chi connectivity index (χ1n) is 8.67. The van der Waals surface area contributed by atoms with Gasteiger partial charge < -0.3 is 5.32 Å². The molecule has 2 rings (SSSR count). The molecule has 0 bridgehead atoms. The number of hydrogen-bond acceptors (Lipinski definition) is 3. The molecule has 0 aliphatic heterocycles. The summed E-state index contributed by atoms with van der Waals surface area (Å²) in [6, 6.07) is 11.3.